The van der Waals surface area contributed by atoms with E-state index in [1.807, 2.05) is 0 Å². The highest BCUT2D eigenvalue weighted by molar-refractivity contribution is 6.03. The molecule has 1 amide bonds. The van der Waals surface area contributed by atoms with Gasteiger partial charge in [-0.05, 0) is 42.5 Å². The van der Waals surface area contributed by atoms with Gasteiger partial charge in [0, 0.05) is 41.1 Å². The van der Waals surface area contributed by atoms with Crippen molar-refractivity contribution in [2.75, 3.05) is 11.9 Å². The quantitative estimate of drug-likeness (QED) is 0.388. The van der Waals surface area contributed by atoms with Gasteiger partial charge < -0.3 is 20.5 Å². The molecule has 9 nitrogen and oxygen atoms in total. The van der Waals surface area contributed by atoms with Crippen LogP contribution in [-0.4, -0.2) is 33.5 Å². The minimum Gasteiger partial charge on any atom is -0.465 e. The molecule has 3 N–H and O–H groups in total. The highest BCUT2D eigenvalue weighted by Gasteiger charge is 2.46. The van der Waals surface area contributed by atoms with E-state index in [0.29, 0.717) is 22.4 Å². The van der Waals surface area contributed by atoms with Gasteiger partial charge >= 0.3 is 0 Å². The van der Waals surface area contributed by atoms with Crippen LogP contribution in [0.1, 0.15) is 28.0 Å². The second-order valence-electron chi connectivity index (χ2n) is 8.58. The van der Waals surface area contributed by atoms with E-state index >= 15 is 4.39 Å². The summed E-state index contributed by atoms with van der Waals surface area (Å²) >= 11 is 0. The maximum atomic E-state index is 15.4. The molecule has 2 aliphatic heterocycles. The number of ether oxygens (including phenoxy) is 2. The van der Waals surface area contributed by atoms with Crippen molar-refractivity contribution in [1.82, 2.24) is 15.0 Å². The minimum atomic E-state index is -1.26. The predicted octanol–water partition coefficient (Wildman–Crippen LogP) is 4.29. The lowest BCUT2D eigenvalue weighted by atomic mass is 9.77. The predicted molar refractivity (Wildman–Crippen MR) is 129 cm³/mol. The first-order valence-electron chi connectivity index (χ1n) is 11.4. The number of amides is 1. The van der Waals surface area contributed by atoms with Gasteiger partial charge in [0.2, 0.25) is 5.95 Å². The van der Waals surface area contributed by atoms with E-state index in [2.05, 4.69) is 25.3 Å². The Labute approximate surface area is 213 Å². The number of nitrogens with one attached hydrogen (secondary N) is 1. The summed E-state index contributed by atoms with van der Waals surface area (Å²) in [7, 11) is 0. The number of nitrogens with zero attached hydrogens (tertiary/aromatic N) is 4. The number of nitrogens with two attached hydrogens (primary N) is 1. The molecule has 12 heteroatoms. The van der Waals surface area contributed by atoms with Crippen molar-refractivity contribution in [3.8, 4) is 22.8 Å². The van der Waals surface area contributed by atoms with Crippen LogP contribution >= 0.6 is 0 Å². The Hall–Kier alpha value is -5.00. The maximum Gasteiger partial charge on any atom is 0.283 e. The van der Waals surface area contributed by atoms with Crippen molar-refractivity contribution >= 4 is 17.6 Å². The molecule has 38 heavy (non-hydrogen) atoms. The van der Waals surface area contributed by atoms with Crippen molar-refractivity contribution < 1.29 is 27.4 Å². The lowest BCUT2D eigenvalue weighted by Gasteiger charge is -2.39. The summed E-state index contributed by atoms with van der Waals surface area (Å²) in [4.78, 5) is 28.6. The lowest BCUT2D eigenvalue weighted by Crippen LogP contribution is -2.39. The van der Waals surface area contributed by atoms with Gasteiger partial charge in [-0.1, -0.05) is 0 Å². The Balaban J connectivity index is 1.48. The number of rotatable bonds is 3. The number of hydrogen-bond acceptors (Lipinski definition) is 8. The van der Waals surface area contributed by atoms with Gasteiger partial charge in [0.25, 0.3) is 17.9 Å². The zero-order valence-corrected chi connectivity index (χ0v) is 19.4. The summed E-state index contributed by atoms with van der Waals surface area (Å²) in [5.74, 6) is -2.68. The van der Waals surface area contributed by atoms with Crippen LogP contribution < -0.4 is 15.8 Å². The Morgan fingerprint density at radius 3 is 2.66 bits per heavy atom. The highest BCUT2D eigenvalue weighted by Crippen LogP contribution is 2.53. The number of hydrogen-bond donors (Lipinski definition) is 2. The van der Waals surface area contributed by atoms with Crippen LogP contribution in [0.2, 0.25) is 0 Å². The van der Waals surface area contributed by atoms with E-state index in [9.17, 15) is 13.6 Å². The Bertz CT molecular complexity index is 1630. The molecule has 0 saturated carbocycles. The van der Waals surface area contributed by atoms with Crippen molar-refractivity contribution in [3.05, 3.63) is 95.5 Å². The standard InChI is InChI=1S/C26H17F3N6O3/c27-14-1-3-18(32-12-14)24(36)33-15-2-4-20-16(10-15)26(6-8-37-25(30)35-26)17-11-19(34-23(29)22(17)38-20)13-5-7-31-21(28)9-13/h1-5,7,9-12H,6,8H2,(H2,30,35)(H,33,36)/t26-/m0/s1. The lowest BCUT2D eigenvalue weighted by molar-refractivity contribution is 0.102. The average molecular weight is 518 g/mol. The molecule has 5 heterocycles. The van der Waals surface area contributed by atoms with Crippen molar-refractivity contribution in [1.29, 1.82) is 0 Å². The molecule has 0 radical (unpaired) electrons. The highest BCUT2D eigenvalue weighted by atomic mass is 19.1. The van der Waals surface area contributed by atoms with Crippen LogP contribution in [0.15, 0.2) is 65.9 Å². The fraction of sp³-hybridized carbons (Fsp3) is 0.115. The molecule has 1 atom stereocenters. The fourth-order valence-corrected chi connectivity index (χ4v) is 4.57. The van der Waals surface area contributed by atoms with E-state index in [4.69, 9.17) is 15.2 Å². The van der Waals surface area contributed by atoms with Crippen LogP contribution in [-0.2, 0) is 10.3 Å². The summed E-state index contributed by atoms with van der Waals surface area (Å²) in [6.07, 6.45) is 2.44. The number of fused-ring (bicyclic) bond motifs is 4. The van der Waals surface area contributed by atoms with Gasteiger partial charge in [-0.25, -0.2) is 24.3 Å². The van der Waals surface area contributed by atoms with Gasteiger partial charge in [0.15, 0.2) is 5.75 Å². The normalized spacial score (nSPS) is 17.5. The third kappa shape index (κ3) is 3.95. The second kappa shape index (κ2) is 8.83. The van der Waals surface area contributed by atoms with Gasteiger partial charge in [-0.2, -0.15) is 8.78 Å². The van der Waals surface area contributed by atoms with Crippen molar-refractivity contribution in [2.24, 2.45) is 10.7 Å². The molecule has 0 fully saturated rings. The number of carbonyl (C=O) groups is 1. The van der Waals surface area contributed by atoms with E-state index in [1.165, 1.54) is 18.3 Å². The molecule has 0 bridgehead atoms. The first-order valence-corrected chi connectivity index (χ1v) is 11.4. The number of aliphatic imine (C=N–C) groups is 1. The van der Waals surface area contributed by atoms with Crippen LogP contribution in [0.5, 0.6) is 11.5 Å². The Kier molecular flexibility index (Phi) is 5.44. The third-order valence-electron chi connectivity index (χ3n) is 6.27. The smallest absolute Gasteiger partial charge is 0.283 e. The number of halogens is 3. The SMILES string of the molecule is NC1=N[C@@]2(CCO1)c1cc(NC(=O)c3ccc(F)cn3)ccc1Oc1c2cc(-c2ccnc(F)c2)nc1F. The number of anilines is 1. The molecule has 4 aromatic rings. The Morgan fingerprint density at radius 2 is 1.89 bits per heavy atom. The summed E-state index contributed by atoms with van der Waals surface area (Å²) in [6, 6.07) is 11.2. The summed E-state index contributed by atoms with van der Waals surface area (Å²) in [5.41, 5.74) is 6.32. The number of benzene rings is 1. The molecule has 2 aliphatic rings. The maximum absolute atomic E-state index is 15.4. The van der Waals surface area contributed by atoms with Crippen LogP contribution in [0.4, 0.5) is 18.9 Å². The molecular weight excluding hydrogens is 501 g/mol. The van der Waals surface area contributed by atoms with Crippen molar-refractivity contribution in [2.45, 2.75) is 12.0 Å². The second-order valence-corrected chi connectivity index (χ2v) is 8.58. The fourth-order valence-electron chi connectivity index (χ4n) is 4.57. The first-order chi connectivity index (χ1) is 18.3. The number of amidine groups is 1. The van der Waals surface area contributed by atoms with Gasteiger partial charge in [0.1, 0.15) is 22.8 Å². The number of aromatic nitrogens is 3. The molecular formula is C26H17F3N6O3. The Morgan fingerprint density at radius 1 is 1.03 bits per heavy atom. The van der Waals surface area contributed by atoms with E-state index in [1.54, 1.807) is 24.3 Å². The molecule has 190 valence electrons. The molecule has 0 aliphatic carbocycles. The number of carbonyl (C=O) groups excluding carboxylic acids is 1. The van der Waals surface area contributed by atoms with E-state index in [-0.39, 0.29) is 41.9 Å². The van der Waals surface area contributed by atoms with Crippen LogP contribution in [0.3, 0.4) is 0 Å². The summed E-state index contributed by atoms with van der Waals surface area (Å²) in [5, 5.41) is 2.71. The minimum absolute atomic E-state index is 0.0103. The van der Waals surface area contributed by atoms with E-state index in [0.717, 1.165) is 18.3 Å². The van der Waals surface area contributed by atoms with Crippen LogP contribution in [0, 0.1) is 17.7 Å². The monoisotopic (exact) mass is 518 g/mol. The van der Waals surface area contributed by atoms with Crippen LogP contribution in [0.25, 0.3) is 11.3 Å². The average Bonchev–Trinajstić information content (AvgIpc) is 2.90. The van der Waals surface area contributed by atoms with E-state index < -0.39 is 29.2 Å². The topological polar surface area (TPSA) is 125 Å². The van der Waals surface area contributed by atoms with Gasteiger partial charge in [-0.3, -0.25) is 4.79 Å². The first kappa shape index (κ1) is 23.4. The molecule has 6 rings (SSSR count). The van der Waals surface area contributed by atoms with Gasteiger partial charge in [-0.15, -0.1) is 0 Å². The van der Waals surface area contributed by atoms with Gasteiger partial charge in [0.05, 0.1) is 18.5 Å². The summed E-state index contributed by atoms with van der Waals surface area (Å²) < 4.78 is 53.7. The number of pyridine rings is 3. The molecule has 1 aromatic carbocycles. The zero-order valence-electron chi connectivity index (χ0n) is 19.4. The molecule has 1 spiro atoms. The third-order valence-corrected chi connectivity index (χ3v) is 6.27. The zero-order chi connectivity index (χ0) is 26.4. The van der Waals surface area contributed by atoms with Crippen molar-refractivity contribution in [3.63, 3.8) is 0 Å². The molecule has 0 unspecified atom stereocenters. The summed E-state index contributed by atoms with van der Waals surface area (Å²) in [6.45, 7) is 0.160. The molecule has 3 aromatic heterocycles. The largest absolute Gasteiger partial charge is 0.465 e. The molecule has 0 saturated heterocycles.